The maximum absolute atomic E-state index is 6.20. The van der Waals surface area contributed by atoms with Crippen molar-refractivity contribution in [2.24, 2.45) is 0 Å². The van der Waals surface area contributed by atoms with E-state index in [1.54, 1.807) is 26.6 Å². The van der Waals surface area contributed by atoms with Gasteiger partial charge in [-0.15, -0.1) is 0 Å². The van der Waals surface area contributed by atoms with Crippen molar-refractivity contribution in [3.63, 3.8) is 0 Å². The lowest BCUT2D eigenvalue weighted by Crippen LogP contribution is -2.54. The summed E-state index contributed by atoms with van der Waals surface area (Å²) in [7, 11) is 3.48. The number of fused-ring (bicyclic) bond motifs is 5. The first-order chi connectivity index (χ1) is 14.1. The highest BCUT2D eigenvalue weighted by molar-refractivity contribution is 6.08. The van der Waals surface area contributed by atoms with E-state index in [1.165, 1.54) is 27.1 Å². The van der Waals surface area contributed by atoms with Crippen LogP contribution in [0.4, 0.5) is 0 Å². The molecule has 1 aliphatic carbocycles. The molecule has 0 spiro atoms. The van der Waals surface area contributed by atoms with Crippen LogP contribution in [-0.2, 0) is 27.1 Å². The van der Waals surface area contributed by atoms with E-state index in [4.69, 9.17) is 9.47 Å². The Kier molecular flexibility index (Phi) is 4.16. The molecule has 4 nitrogen and oxygen atoms in total. The van der Waals surface area contributed by atoms with Crippen LogP contribution in [0.2, 0.25) is 0 Å². The van der Waals surface area contributed by atoms with Gasteiger partial charge in [-0.25, -0.2) is 9.97 Å². The Bertz CT molecular complexity index is 1210. The van der Waals surface area contributed by atoms with Gasteiger partial charge in [-0.2, -0.15) is 0 Å². The first kappa shape index (κ1) is 18.2. The highest BCUT2D eigenvalue weighted by Gasteiger charge is 2.56. The van der Waals surface area contributed by atoms with E-state index in [2.05, 4.69) is 65.4 Å². The summed E-state index contributed by atoms with van der Waals surface area (Å²) >= 11 is 0. The van der Waals surface area contributed by atoms with Gasteiger partial charge in [0.1, 0.15) is 5.60 Å². The Hall–Kier alpha value is -2.82. The maximum atomic E-state index is 6.20. The van der Waals surface area contributed by atoms with Crippen molar-refractivity contribution in [1.29, 1.82) is 0 Å². The number of benzene rings is 3. The Labute approximate surface area is 170 Å². The molecule has 0 aliphatic heterocycles. The molecule has 1 aromatic heterocycles. The van der Waals surface area contributed by atoms with Gasteiger partial charge in [0.05, 0.1) is 0 Å². The lowest BCUT2D eigenvalue weighted by molar-refractivity contribution is -0.203. The number of nitrogens with zero attached hydrogens (tertiary/aromatic N) is 2. The van der Waals surface area contributed by atoms with E-state index in [-0.39, 0.29) is 0 Å². The summed E-state index contributed by atoms with van der Waals surface area (Å²) in [6, 6.07) is 19.2. The summed E-state index contributed by atoms with van der Waals surface area (Å²) in [6.07, 6.45) is 5.15. The summed E-state index contributed by atoms with van der Waals surface area (Å²) < 4.78 is 12.4. The molecule has 1 aliphatic rings. The Morgan fingerprint density at radius 1 is 0.793 bits per heavy atom. The molecule has 0 bridgehead atoms. The number of hydrogen-bond donors (Lipinski definition) is 0. The third kappa shape index (κ3) is 2.39. The van der Waals surface area contributed by atoms with Gasteiger partial charge in [-0.3, -0.25) is 0 Å². The highest BCUT2D eigenvalue weighted by Crippen LogP contribution is 2.53. The number of methoxy groups -OCH3 is 2. The zero-order valence-electron chi connectivity index (χ0n) is 17.0. The predicted octanol–water partition coefficient (Wildman–Crippen LogP) is 5.13. The van der Waals surface area contributed by atoms with E-state index in [9.17, 15) is 0 Å². The van der Waals surface area contributed by atoms with E-state index < -0.39 is 11.2 Å². The Morgan fingerprint density at radius 2 is 1.55 bits per heavy atom. The van der Waals surface area contributed by atoms with Crippen molar-refractivity contribution < 1.29 is 9.47 Å². The molecule has 29 heavy (non-hydrogen) atoms. The summed E-state index contributed by atoms with van der Waals surface area (Å²) in [4.78, 5) is 9.10. The van der Waals surface area contributed by atoms with Crippen LogP contribution in [0.15, 0.2) is 67.0 Å². The Morgan fingerprint density at radius 3 is 2.31 bits per heavy atom. The van der Waals surface area contributed by atoms with Gasteiger partial charge >= 0.3 is 0 Å². The standard InChI is InChI=1S/C25H24N2O2/c1-24(28-2)22-12-11-19-18-8-5-4-7-17(18)9-10-20(19)21(22)13-14-25(24,29-3)23-26-15-6-16-27-23/h4-12,15-16H,13-14H2,1-3H3. The molecular formula is C25H24N2O2. The van der Waals surface area contributed by atoms with Crippen molar-refractivity contribution >= 4 is 21.5 Å². The molecule has 146 valence electrons. The van der Waals surface area contributed by atoms with E-state index >= 15 is 0 Å². The second kappa shape index (κ2) is 6.61. The van der Waals surface area contributed by atoms with Gasteiger partial charge in [0.2, 0.25) is 0 Å². The minimum Gasteiger partial charge on any atom is -0.370 e. The summed E-state index contributed by atoms with van der Waals surface area (Å²) in [5.74, 6) is 0.663. The molecule has 1 heterocycles. The summed E-state index contributed by atoms with van der Waals surface area (Å²) in [5, 5.41) is 5.10. The lowest BCUT2D eigenvalue weighted by Gasteiger charge is -2.49. The van der Waals surface area contributed by atoms with Crippen LogP contribution in [0.3, 0.4) is 0 Å². The fraction of sp³-hybridized carbons (Fsp3) is 0.280. The molecule has 2 atom stereocenters. The van der Waals surface area contributed by atoms with Crippen molar-refractivity contribution in [2.75, 3.05) is 14.2 Å². The molecule has 0 fully saturated rings. The predicted molar refractivity (Wildman–Crippen MR) is 115 cm³/mol. The van der Waals surface area contributed by atoms with Crippen LogP contribution >= 0.6 is 0 Å². The second-order valence-electron chi connectivity index (χ2n) is 7.81. The molecule has 0 saturated heterocycles. The number of rotatable bonds is 3. The van der Waals surface area contributed by atoms with Gasteiger partial charge in [0.15, 0.2) is 11.4 Å². The molecule has 0 saturated carbocycles. The fourth-order valence-corrected chi connectivity index (χ4v) is 5.12. The molecule has 0 N–H and O–H groups in total. The third-order valence-electron chi connectivity index (χ3n) is 6.73. The van der Waals surface area contributed by atoms with Gasteiger partial charge in [0.25, 0.3) is 0 Å². The first-order valence-corrected chi connectivity index (χ1v) is 9.96. The van der Waals surface area contributed by atoms with Crippen LogP contribution in [0.5, 0.6) is 0 Å². The van der Waals surface area contributed by atoms with E-state index in [0.717, 1.165) is 18.4 Å². The maximum Gasteiger partial charge on any atom is 0.163 e. The third-order valence-corrected chi connectivity index (χ3v) is 6.73. The largest absolute Gasteiger partial charge is 0.370 e. The molecule has 3 aromatic carbocycles. The summed E-state index contributed by atoms with van der Waals surface area (Å²) in [5.41, 5.74) is 1.00. The molecule has 4 heteroatoms. The van der Waals surface area contributed by atoms with Crippen LogP contribution in [-0.4, -0.2) is 24.2 Å². The summed E-state index contributed by atoms with van der Waals surface area (Å²) in [6.45, 7) is 2.09. The van der Waals surface area contributed by atoms with Crippen LogP contribution in [0, 0.1) is 0 Å². The number of aryl methyl sites for hydroxylation is 1. The number of aromatic nitrogens is 2. The molecule has 0 radical (unpaired) electrons. The van der Waals surface area contributed by atoms with Gasteiger partial charge in [-0.05, 0) is 58.5 Å². The zero-order chi connectivity index (χ0) is 20.1. The fourth-order valence-electron chi connectivity index (χ4n) is 5.12. The van der Waals surface area contributed by atoms with Gasteiger partial charge in [0, 0.05) is 26.6 Å². The van der Waals surface area contributed by atoms with Crippen LogP contribution in [0.25, 0.3) is 21.5 Å². The molecule has 4 aromatic rings. The SMILES string of the molecule is COC1(C)c2ccc3c(ccc4ccccc43)c2CCC1(OC)c1ncccn1. The van der Waals surface area contributed by atoms with Crippen molar-refractivity contribution in [3.05, 3.63) is 83.9 Å². The number of hydrogen-bond acceptors (Lipinski definition) is 4. The Balaban J connectivity index is 1.79. The van der Waals surface area contributed by atoms with Gasteiger partial charge in [-0.1, -0.05) is 48.5 Å². The van der Waals surface area contributed by atoms with Crippen molar-refractivity contribution in [3.8, 4) is 0 Å². The lowest BCUT2D eigenvalue weighted by atomic mass is 9.67. The average Bonchev–Trinajstić information content (AvgIpc) is 2.79. The molecule has 2 unspecified atom stereocenters. The number of ether oxygens (including phenoxy) is 2. The van der Waals surface area contributed by atoms with E-state index in [0.29, 0.717) is 5.82 Å². The average molecular weight is 384 g/mol. The quantitative estimate of drug-likeness (QED) is 0.459. The monoisotopic (exact) mass is 384 g/mol. The second-order valence-corrected chi connectivity index (χ2v) is 7.81. The molecule has 0 amide bonds. The normalized spacial score (nSPS) is 24.0. The van der Waals surface area contributed by atoms with Crippen LogP contribution < -0.4 is 0 Å². The topological polar surface area (TPSA) is 44.2 Å². The smallest absolute Gasteiger partial charge is 0.163 e. The van der Waals surface area contributed by atoms with Gasteiger partial charge < -0.3 is 9.47 Å². The first-order valence-electron chi connectivity index (χ1n) is 9.96. The molecule has 5 rings (SSSR count). The van der Waals surface area contributed by atoms with Crippen LogP contribution in [0.1, 0.15) is 30.3 Å². The van der Waals surface area contributed by atoms with Crippen molar-refractivity contribution in [1.82, 2.24) is 9.97 Å². The molecular weight excluding hydrogens is 360 g/mol. The zero-order valence-corrected chi connectivity index (χ0v) is 17.0. The van der Waals surface area contributed by atoms with E-state index in [1.807, 2.05) is 6.07 Å². The van der Waals surface area contributed by atoms with Crippen molar-refractivity contribution in [2.45, 2.75) is 31.0 Å². The minimum absolute atomic E-state index is 0.663. The highest BCUT2D eigenvalue weighted by atomic mass is 16.5. The minimum atomic E-state index is -0.749.